The quantitative estimate of drug-likeness (QED) is 0.348. The minimum absolute atomic E-state index is 0.0999. The van der Waals surface area contributed by atoms with E-state index in [2.05, 4.69) is 16.0 Å². The van der Waals surface area contributed by atoms with Gasteiger partial charge >= 0.3 is 5.97 Å². The van der Waals surface area contributed by atoms with E-state index in [4.69, 9.17) is 4.74 Å². The number of allylic oxidation sites excluding steroid dienone is 1. The minimum atomic E-state index is -0.334. The third-order valence-electron chi connectivity index (χ3n) is 3.63. The monoisotopic (exact) mass is 323 g/mol. The summed E-state index contributed by atoms with van der Waals surface area (Å²) in [7, 11) is 0. The molecular weight excluding hydrogens is 302 g/mol. The molecule has 0 saturated carbocycles. The second-order valence-corrected chi connectivity index (χ2v) is 5.35. The fraction of sp³-hybridized carbons (Fsp3) is 0.316. The Morgan fingerprint density at radius 3 is 2.96 bits per heavy atom. The molecule has 1 aliphatic heterocycles. The predicted octanol–water partition coefficient (Wildman–Crippen LogP) is 3.38. The third-order valence-corrected chi connectivity index (χ3v) is 3.63. The number of nitrogens with zero attached hydrogens (tertiary/aromatic N) is 3. The molecular formula is C19H21N3O2. The molecule has 0 unspecified atom stereocenters. The standard InChI is InChI=1S/C19H21N3O2/c1-2-24-19(23)11-10-18-9-6-12-22(18)15-16(13-20)14-21-17-7-4-3-5-8-17/h3-5,7-8,10-11,14-15,18H,2,6,9,12H2,1H3/b11-10+,16-15+,21-14?/t18-/m0/s1. The van der Waals surface area contributed by atoms with Gasteiger partial charge in [-0.2, -0.15) is 5.26 Å². The van der Waals surface area contributed by atoms with Crippen LogP contribution in [0.15, 0.2) is 59.2 Å². The first-order valence-electron chi connectivity index (χ1n) is 8.04. The number of esters is 1. The van der Waals surface area contributed by atoms with Gasteiger partial charge in [-0.1, -0.05) is 24.3 Å². The average Bonchev–Trinajstić information content (AvgIpc) is 3.05. The maximum atomic E-state index is 11.4. The van der Waals surface area contributed by atoms with Crippen LogP contribution in [-0.4, -0.2) is 36.3 Å². The number of benzene rings is 1. The summed E-state index contributed by atoms with van der Waals surface area (Å²) < 4.78 is 4.89. The Morgan fingerprint density at radius 2 is 2.25 bits per heavy atom. The number of ether oxygens (including phenoxy) is 1. The molecule has 1 heterocycles. The van der Waals surface area contributed by atoms with Gasteiger partial charge < -0.3 is 9.64 Å². The van der Waals surface area contributed by atoms with Crippen LogP contribution in [0.4, 0.5) is 5.69 Å². The van der Waals surface area contributed by atoms with E-state index in [1.165, 1.54) is 6.08 Å². The number of aliphatic imine (C=N–C) groups is 1. The van der Waals surface area contributed by atoms with Gasteiger partial charge in [0.05, 0.1) is 17.9 Å². The number of hydrogen-bond donors (Lipinski definition) is 0. The van der Waals surface area contributed by atoms with Crippen molar-refractivity contribution >= 4 is 17.9 Å². The number of para-hydroxylation sites is 1. The molecule has 0 amide bonds. The van der Waals surface area contributed by atoms with Crippen LogP contribution in [-0.2, 0) is 9.53 Å². The number of carbonyl (C=O) groups is 1. The lowest BCUT2D eigenvalue weighted by Gasteiger charge is -2.19. The maximum Gasteiger partial charge on any atom is 0.330 e. The van der Waals surface area contributed by atoms with Gasteiger partial charge in [0.15, 0.2) is 0 Å². The van der Waals surface area contributed by atoms with Crippen LogP contribution in [0.1, 0.15) is 19.8 Å². The van der Waals surface area contributed by atoms with Crippen molar-refractivity contribution < 1.29 is 9.53 Å². The normalized spacial score (nSPS) is 18.2. The van der Waals surface area contributed by atoms with E-state index in [0.717, 1.165) is 25.1 Å². The Hall–Kier alpha value is -2.87. The van der Waals surface area contributed by atoms with E-state index in [9.17, 15) is 10.1 Å². The van der Waals surface area contributed by atoms with E-state index >= 15 is 0 Å². The van der Waals surface area contributed by atoms with Crippen LogP contribution >= 0.6 is 0 Å². The molecule has 0 bridgehead atoms. The molecule has 0 radical (unpaired) electrons. The summed E-state index contributed by atoms with van der Waals surface area (Å²) in [6, 6.07) is 11.7. The van der Waals surface area contributed by atoms with Crippen molar-refractivity contribution in [3.8, 4) is 6.07 Å². The first kappa shape index (κ1) is 17.5. The molecule has 0 spiro atoms. The topological polar surface area (TPSA) is 65.7 Å². The van der Waals surface area contributed by atoms with Crippen LogP contribution in [0.3, 0.4) is 0 Å². The molecule has 0 aromatic heterocycles. The molecule has 1 aliphatic rings. The van der Waals surface area contributed by atoms with Gasteiger partial charge in [0.2, 0.25) is 0 Å². The van der Waals surface area contributed by atoms with Crippen LogP contribution < -0.4 is 0 Å². The smallest absolute Gasteiger partial charge is 0.330 e. The molecule has 5 nitrogen and oxygen atoms in total. The molecule has 24 heavy (non-hydrogen) atoms. The molecule has 1 atom stereocenters. The summed E-state index contributed by atoms with van der Waals surface area (Å²) in [5, 5.41) is 9.31. The molecule has 0 aliphatic carbocycles. The summed E-state index contributed by atoms with van der Waals surface area (Å²) in [5.41, 5.74) is 1.29. The van der Waals surface area contributed by atoms with Gasteiger partial charge in [-0.25, -0.2) is 4.79 Å². The first-order valence-corrected chi connectivity index (χ1v) is 8.04. The highest BCUT2D eigenvalue weighted by Gasteiger charge is 2.20. The molecule has 0 N–H and O–H groups in total. The number of nitriles is 1. The molecule has 124 valence electrons. The zero-order chi connectivity index (χ0) is 17.2. The average molecular weight is 323 g/mol. The van der Waals surface area contributed by atoms with Gasteiger partial charge in [0, 0.05) is 31.1 Å². The van der Waals surface area contributed by atoms with Crippen molar-refractivity contribution in [3.63, 3.8) is 0 Å². The van der Waals surface area contributed by atoms with Crippen molar-refractivity contribution in [2.75, 3.05) is 13.2 Å². The fourth-order valence-electron chi connectivity index (χ4n) is 2.49. The lowest BCUT2D eigenvalue weighted by molar-refractivity contribution is -0.137. The second kappa shape index (κ2) is 9.31. The van der Waals surface area contributed by atoms with Crippen LogP contribution in [0.2, 0.25) is 0 Å². The van der Waals surface area contributed by atoms with E-state index in [-0.39, 0.29) is 12.0 Å². The lowest BCUT2D eigenvalue weighted by Crippen LogP contribution is -2.23. The SMILES string of the molecule is CCOC(=O)/C=C/[C@@H]1CCCN1/C=C(\C#N)C=Nc1ccccc1. The summed E-state index contributed by atoms with van der Waals surface area (Å²) in [6.07, 6.45) is 8.64. The zero-order valence-corrected chi connectivity index (χ0v) is 13.8. The van der Waals surface area contributed by atoms with Gasteiger partial charge in [-0.3, -0.25) is 4.99 Å². The van der Waals surface area contributed by atoms with E-state index in [0.29, 0.717) is 12.2 Å². The van der Waals surface area contributed by atoms with Gasteiger partial charge in [0.25, 0.3) is 0 Å². The van der Waals surface area contributed by atoms with Gasteiger partial charge in [-0.05, 0) is 31.9 Å². The predicted molar refractivity (Wildman–Crippen MR) is 93.8 cm³/mol. The third kappa shape index (κ3) is 5.40. The highest BCUT2D eigenvalue weighted by Crippen LogP contribution is 2.20. The van der Waals surface area contributed by atoms with Crippen molar-refractivity contribution in [2.24, 2.45) is 4.99 Å². The Balaban J connectivity index is 2.04. The van der Waals surface area contributed by atoms with Crippen LogP contribution in [0.5, 0.6) is 0 Å². The second-order valence-electron chi connectivity index (χ2n) is 5.35. The number of likely N-dealkylation sites (tertiary alicyclic amines) is 1. The molecule has 1 saturated heterocycles. The molecule has 2 rings (SSSR count). The maximum absolute atomic E-state index is 11.4. The fourth-order valence-corrected chi connectivity index (χ4v) is 2.49. The zero-order valence-electron chi connectivity index (χ0n) is 13.8. The number of carbonyl (C=O) groups excluding carboxylic acids is 1. The van der Waals surface area contributed by atoms with Crippen molar-refractivity contribution in [1.29, 1.82) is 5.26 Å². The highest BCUT2D eigenvalue weighted by molar-refractivity contribution is 5.85. The number of rotatable bonds is 6. The highest BCUT2D eigenvalue weighted by atomic mass is 16.5. The molecule has 1 fully saturated rings. The van der Waals surface area contributed by atoms with Crippen molar-refractivity contribution in [3.05, 3.63) is 54.3 Å². The Kier molecular flexibility index (Phi) is 6.78. The van der Waals surface area contributed by atoms with E-state index in [1.54, 1.807) is 19.3 Å². The Morgan fingerprint density at radius 1 is 1.46 bits per heavy atom. The van der Waals surface area contributed by atoms with E-state index in [1.807, 2.05) is 36.4 Å². The lowest BCUT2D eigenvalue weighted by atomic mass is 10.2. The van der Waals surface area contributed by atoms with Gasteiger partial charge in [0.1, 0.15) is 6.07 Å². The number of hydrogen-bond acceptors (Lipinski definition) is 5. The van der Waals surface area contributed by atoms with Crippen molar-refractivity contribution in [1.82, 2.24) is 4.90 Å². The molecule has 5 heteroatoms. The summed E-state index contributed by atoms with van der Waals surface area (Å²) >= 11 is 0. The summed E-state index contributed by atoms with van der Waals surface area (Å²) in [4.78, 5) is 17.8. The summed E-state index contributed by atoms with van der Waals surface area (Å²) in [6.45, 7) is 3.00. The first-order chi connectivity index (χ1) is 11.7. The largest absolute Gasteiger partial charge is 0.463 e. The Bertz CT molecular complexity index is 672. The molecule has 1 aromatic carbocycles. The van der Waals surface area contributed by atoms with Crippen LogP contribution in [0.25, 0.3) is 0 Å². The summed E-state index contributed by atoms with van der Waals surface area (Å²) in [5.74, 6) is -0.334. The van der Waals surface area contributed by atoms with Gasteiger partial charge in [-0.15, -0.1) is 0 Å². The van der Waals surface area contributed by atoms with Crippen LogP contribution in [0, 0.1) is 11.3 Å². The molecule has 1 aromatic rings. The Labute approximate surface area is 142 Å². The minimum Gasteiger partial charge on any atom is -0.463 e. The van der Waals surface area contributed by atoms with Crippen molar-refractivity contribution in [2.45, 2.75) is 25.8 Å². The van der Waals surface area contributed by atoms with E-state index < -0.39 is 0 Å².